The van der Waals surface area contributed by atoms with E-state index in [9.17, 15) is 0 Å². The molecule has 1 N–H and O–H groups in total. The fourth-order valence-electron chi connectivity index (χ4n) is 1.27. The molecule has 2 aromatic rings. The lowest BCUT2D eigenvalue weighted by atomic mass is 10.2. The number of halogens is 3. The van der Waals surface area contributed by atoms with Crippen LogP contribution >= 0.6 is 50.9 Å². The van der Waals surface area contributed by atoms with Gasteiger partial charge in [0.25, 0.3) is 0 Å². The van der Waals surface area contributed by atoms with E-state index >= 15 is 0 Å². The molecule has 0 saturated carbocycles. The van der Waals surface area contributed by atoms with Crippen LogP contribution in [0.2, 0.25) is 0 Å². The first-order chi connectivity index (χ1) is 6.70. The SMILES string of the molecule is CNc1cc2cc(I)c(Br)cc2cn1.Cl. The lowest BCUT2D eigenvalue weighted by molar-refractivity contribution is 1.31. The molecule has 0 spiro atoms. The van der Waals surface area contributed by atoms with E-state index in [2.05, 4.69) is 61.0 Å². The first kappa shape index (κ1) is 13.0. The molecule has 0 saturated heterocycles. The summed E-state index contributed by atoms with van der Waals surface area (Å²) in [5, 5.41) is 5.38. The van der Waals surface area contributed by atoms with Gasteiger partial charge in [-0.15, -0.1) is 12.4 Å². The van der Waals surface area contributed by atoms with Gasteiger partial charge in [0, 0.05) is 26.7 Å². The second-order valence-corrected chi connectivity index (χ2v) is 4.95. The molecule has 5 heteroatoms. The number of nitrogens with one attached hydrogen (secondary N) is 1. The van der Waals surface area contributed by atoms with Gasteiger partial charge in [0.1, 0.15) is 5.82 Å². The van der Waals surface area contributed by atoms with Gasteiger partial charge in [-0.1, -0.05) is 0 Å². The first-order valence-corrected chi connectivity index (χ1v) is 6.00. The summed E-state index contributed by atoms with van der Waals surface area (Å²) in [6.07, 6.45) is 1.88. The van der Waals surface area contributed by atoms with Gasteiger partial charge < -0.3 is 5.32 Å². The van der Waals surface area contributed by atoms with Crippen molar-refractivity contribution in [1.82, 2.24) is 4.98 Å². The molecule has 1 aromatic heterocycles. The van der Waals surface area contributed by atoms with Gasteiger partial charge in [-0.3, -0.25) is 0 Å². The molecular formula is C10H9BrClIN2. The van der Waals surface area contributed by atoms with E-state index < -0.39 is 0 Å². The molecule has 1 heterocycles. The summed E-state index contributed by atoms with van der Waals surface area (Å²) >= 11 is 5.81. The van der Waals surface area contributed by atoms with Crippen molar-refractivity contribution in [2.45, 2.75) is 0 Å². The molecule has 0 radical (unpaired) electrons. The summed E-state index contributed by atoms with van der Waals surface area (Å²) in [7, 11) is 1.87. The molecule has 2 nitrogen and oxygen atoms in total. The summed E-state index contributed by atoms with van der Waals surface area (Å²) in [4.78, 5) is 4.26. The van der Waals surface area contributed by atoms with Gasteiger partial charge >= 0.3 is 0 Å². The number of hydrogen-bond donors (Lipinski definition) is 1. The van der Waals surface area contributed by atoms with Crippen LogP contribution in [0.4, 0.5) is 5.82 Å². The Hall–Kier alpha value is -0.0700. The zero-order valence-electron chi connectivity index (χ0n) is 7.92. The number of anilines is 1. The molecule has 0 aliphatic carbocycles. The number of hydrogen-bond acceptors (Lipinski definition) is 2. The van der Waals surface area contributed by atoms with E-state index in [4.69, 9.17) is 0 Å². The molecule has 0 aliphatic rings. The van der Waals surface area contributed by atoms with Crippen molar-refractivity contribution in [1.29, 1.82) is 0 Å². The Kier molecular flexibility index (Phi) is 4.61. The average Bonchev–Trinajstić information content (AvgIpc) is 2.19. The minimum atomic E-state index is 0. The molecule has 0 amide bonds. The highest BCUT2D eigenvalue weighted by Gasteiger charge is 2.01. The Morgan fingerprint density at radius 3 is 2.67 bits per heavy atom. The van der Waals surface area contributed by atoms with Gasteiger partial charge in [-0.25, -0.2) is 4.98 Å². The quantitative estimate of drug-likeness (QED) is 0.732. The second kappa shape index (κ2) is 5.32. The Morgan fingerprint density at radius 2 is 2.00 bits per heavy atom. The third-order valence-electron chi connectivity index (χ3n) is 2.02. The number of pyridine rings is 1. The van der Waals surface area contributed by atoms with Crippen molar-refractivity contribution < 1.29 is 0 Å². The van der Waals surface area contributed by atoms with Crippen LogP contribution in [0.25, 0.3) is 10.8 Å². The zero-order valence-corrected chi connectivity index (χ0v) is 12.5. The predicted octanol–water partition coefficient (Wildman–Crippen LogP) is 4.07. The average molecular weight is 399 g/mol. The molecular weight excluding hydrogens is 390 g/mol. The summed E-state index contributed by atoms with van der Waals surface area (Å²) in [5.41, 5.74) is 0. The Labute approximate surface area is 117 Å². The number of rotatable bonds is 1. The summed E-state index contributed by atoms with van der Waals surface area (Å²) in [6, 6.07) is 6.27. The standard InChI is InChI=1S/C10H8BrIN2.ClH/c1-13-10-4-6-3-9(12)8(11)2-7(6)5-14-10;/h2-5H,1H3,(H,13,14);1H. The van der Waals surface area contributed by atoms with Crippen LogP contribution < -0.4 is 5.32 Å². The molecule has 0 bridgehead atoms. The van der Waals surface area contributed by atoms with Gasteiger partial charge in [0.05, 0.1) is 0 Å². The lowest BCUT2D eigenvalue weighted by Crippen LogP contribution is -1.91. The smallest absolute Gasteiger partial charge is 0.126 e. The van der Waals surface area contributed by atoms with Crippen molar-refractivity contribution >= 4 is 67.5 Å². The zero-order chi connectivity index (χ0) is 10.1. The van der Waals surface area contributed by atoms with E-state index in [1.165, 1.54) is 8.96 Å². The largest absolute Gasteiger partial charge is 0.373 e. The Morgan fingerprint density at radius 1 is 1.27 bits per heavy atom. The fourth-order valence-corrected chi connectivity index (χ4v) is 2.13. The highest BCUT2D eigenvalue weighted by molar-refractivity contribution is 14.1. The van der Waals surface area contributed by atoms with Gasteiger partial charge in [-0.05, 0) is 62.1 Å². The normalized spacial score (nSPS) is 9.80. The van der Waals surface area contributed by atoms with Crippen molar-refractivity contribution in [2.24, 2.45) is 0 Å². The van der Waals surface area contributed by atoms with Crippen LogP contribution in [0, 0.1) is 3.57 Å². The Balaban J connectivity index is 0.00000112. The third-order valence-corrected chi connectivity index (χ3v) is 4.31. The van der Waals surface area contributed by atoms with E-state index in [0.29, 0.717) is 0 Å². The van der Waals surface area contributed by atoms with E-state index in [0.717, 1.165) is 15.7 Å². The monoisotopic (exact) mass is 398 g/mol. The van der Waals surface area contributed by atoms with Gasteiger partial charge in [0.15, 0.2) is 0 Å². The van der Waals surface area contributed by atoms with Crippen molar-refractivity contribution in [2.75, 3.05) is 12.4 Å². The second-order valence-electron chi connectivity index (χ2n) is 2.93. The molecule has 15 heavy (non-hydrogen) atoms. The number of fused-ring (bicyclic) bond motifs is 1. The number of aromatic nitrogens is 1. The molecule has 80 valence electrons. The molecule has 0 fully saturated rings. The van der Waals surface area contributed by atoms with E-state index in [-0.39, 0.29) is 12.4 Å². The molecule has 0 aliphatic heterocycles. The summed E-state index contributed by atoms with van der Waals surface area (Å²) in [6.45, 7) is 0. The maximum Gasteiger partial charge on any atom is 0.126 e. The Bertz CT molecular complexity index is 490. The minimum Gasteiger partial charge on any atom is -0.373 e. The van der Waals surface area contributed by atoms with Crippen LogP contribution in [0.3, 0.4) is 0 Å². The fraction of sp³-hybridized carbons (Fsp3) is 0.100. The van der Waals surface area contributed by atoms with Gasteiger partial charge in [-0.2, -0.15) is 0 Å². The van der Waals surface area contributed by atoms with E-state index in [1.807, 2.05) is 19.3 Å². The highest BCUT2D eigenvalue weighted by Crippen LogP contribution is 2.26. The third kappa shape index (κ3) is 2.73. The van der Waals surface area contributed by atoms with Gasteiger partial charge in [0.2, 0.25) is 0 Å². The molecule has 0 atom stereocenters. The van der Waals surface area contributed by atoms with Crippen LogP contribution in [0.1, 0.15) is 0 Å². The maximum absolute atomic E-state index is 4.26. The summed E-state index contributed by atoms with van der Waals surface area (Å²) < 4.78 is 2.33. The highest BCUT2D eigenvalue weighted by atomic mass is 127. The number of benzene rings is 1. The summed E-state index contributed by atoms with van der Waals surface area (Å²) in [5.74, 6) is 0.899. The van der Waals surface area contributed by atoms with E-state index in [1.54, 1.807) is 0 Å². The molecule has 2 rings (SSSR count). The van der Waals surface area contributed by atoms with Crippen molar-refractivity contribution in [3.8, 4) is 0 Å². The number of nitrogens with zero attached hydrogens (tertiary/aromatic N) is 1. The lowest BCUT2D eigenvalue weighted by Gasteiger charge is -2.03. The van der Waals surface area contributed by atoms with Crippen LogP contribution in [-0.4, -0.2) is 12.0 Å². The first-order valence-electron chi connectivity index (χ1n) is 4.13. The minimum absolute atomic E-state index is 0. The maximum atomic E-state index is 4.26. The topological polar surface area (TPSA) is 24.9 Å². The van der Waals surface area contributed by atoms with Crippen molar-refractivity contribution in [3.63, 3.8) is 0 Å². The van der Waals surface area contributed by atoms with Crippen LogP contribution in [0.5, 0.6) is 0 Å². The van der Waals surface area contributed by atoms with Crippen LogP contribution in [-0.2, 0) is 0 Å². The predicted molar refractivity (Wildman–Crippen MR) is 79.0 cm³/mol. The van der Waals surface area contributed by atoms with Crippen molar-refractivity contribution in [3.05, 3.63) is 32.4 Å². The molecule has 0 unspecified atom stereocenters. The van der Waals surface area contributed by atoms with Crippen LogP contribution in [0.15, 0.2) is 28.9 Å². The molecule has 1 aromatic carbocycles.